The summed E-state index contributed by atoms with van der Waals surface area (Å²) >= 11 is 0. The standard InChI is InChI=1S/C18H29N3O5/c1-24-10-8-19-17(22)15-13-26-16(20-15)12-21(9-11-25-2)18(23)14-6-4-3-5-7-14/h13-14H,3-12H2,1-2H3,(H,19,22). The summed E-state index contributed by atoms with van der Waals surface area (Å²) in [5, 5.41) is 2.69. The molecular formula is C18H29N3O5. The minimum absolute atomic E-state index is 0.0624. The number of carbonyl (C=O) groups excluding carboxylic acids is 2. The molecule has 1 aromatic rings. The highest BCUT2D eigenvalue weighted by Crippen LogP contribution is 2.26. The van der Waals surface area contributed by atoms with Gasteiger partial charge in [-0.25, -0.2) is 4.98 Å². The molecule has 0 atom stereocenters. The van der Waals surface area contributed by atoms with E-state index in [-0.39, 0.29) is 30.0 Å². The van der Waals surface area contributed by atoms with E-state index < -0.39 is 0 Å². The molecule has 0 saturated heterocycles. The van der Waals surface area contributed by atoms with Gasteiger partial charge in [0.25, 0.3) is 5.91 Å². The highest BCUT2D eigenvalue weighted by molar-refractivity contribution is 5.91. The predicted molar refractivity (Wildman–Crippen MR) is 94.6 cm³/mol. The first-order valence-electron chi connectivity index (χ1n) is 9.15. The lowest BCUT2D eigenvalue weighted by molar-refractivity contribution is -0.138. The second-order valence-corrected chi connectivity index (χ2v) is 6.46. The number of oxazole rings is 1. The summed E-state index contributed by atoms with van der Waals surface area (Å²) < 4.78 is 15.4. The van der Waals surface area contributed by atoms with Crippen LogP contribution in [0.25, 0.3) is 0 Å². The van der Waals surface area contributed by atoms with Crippen LogP contribution in [-0.2, 0) is 20.8 Å². The average molecular weight is 367 g/mol. The molecular weight excluding hydrogens is 338 g/mol. The maximum Gasteiger partial charge on any atom is 0.273 e. The van der Waals surface area contributed by atoms with Crippen molar-refractivity contribution in [3.05, 3.63) is 17.8 Å². The predicted octanol–water partition coefficient (Wildman–Crippen LogP) is 1.61. The first-order chi connectivity index (χ1) is 12.7. The zero-order valence-corrected chi connectivity index (χ0v) is 15.7. The van der Waals surface area contributed by atoms with E-state index in [9.17, 15) is 9.59 Å². The van der Waals surface area contributed by atoms with Crippen molar-refractivity contribution in [3.63, 3.8) is 0 Å². The zero-order valence-electron chi connectivity index (χ0n) is 15.7. The number of nitrogens with one attached hydrogen (secondary N) is 1. The molecule has 1 aliphatic rings. The van der Waals surface area contributed by atoms with E-state index in [1.165, 1.54) is 12.7 Å². The Morgan fingerprint density at radius 1 is 1.23 bits per heavy atom. The SMILES string of the molecule is COCCNC(=O)c1coc(CN(CCOC)C(=O)C2CCCCC2)n1. The van der Waals surface area contributed by atoms with E-state index in [4.69, 9.17) is 13.9 Å². The topological polar surface area (TPSA) is 93.9 Å². The second-order valence-electron chi connectivity index (χ2n) is 6.46. The van der Waals surface area contributed by atoms with Crippen molar-refractivity contribution in [3.8, 4) is 0 Å². The van der Waals surface area contributed by atoms with Gasteiger partial charge in [0.2, 0.25) is 11.8 Å². The summed E-state index contributed by atoms with van der Waals surface area (Å²) in [5.41, 5.74) is 0.202. The Hall–Kier alpha value is -1.93. The number of methoxy groups -OCH3 is 2. The smallest absolute Gasteiger partial charge is 0.273 e. The van der Waals surface area contributed by atoms with Gasteiger partial charge in [-0.05, 0) is 12.8 Å². The molecule has 1 heterocycles. The van der Waals surface area contributed by atoms with Gasteiger partial charge in [-0.1, -0.05) is 19.3 Å². The lowest BCUT2D eigenvalue weighted by atomic mass is 9.88. The molecule has 2 amide bonds. The molecule has 0 unspecified atom stereocenters. The molecule has 8 nitrogen and oxygen atoms in total. The molecule has 8 heteroatoms. The van der Waals surface area contributed by atoms with Crippen molar-refractivity contribution in [1.82, 2.24) is 15.2 Å². The fourth-order valence-electron chi connectivity index (χ4n) is 3.08. The van der Waals surface area contributed by atoms with E-state index in [1.807, 2.05) is 0 Å². The number of ether oxygens (including phenoxy) is 2. The van der Waals surface area contributed by atoms with Crippen LogP contribution in [0, 0.1) is 5.92 Å². The van der Waals surface area contributed by atoms with Crippen LogP contribution in [-0.4, -0.2) is 62.2 Å². The number of amides is 2. The number of carbonyl (C=O) groups is 2. The number of hydrogen-bond donors (Lipinski definition) is 1. The fourth-order valence-corrected chi connectivity index (χ4v) is 3.08. The Kier molecular flexibility index (Phi) is 8.57. The lowest BCUT2D eigenvalue weighted by Crippen LogP contribution is -2.38. The number of aromatic nitrogens is 1. The third kappa shape index (κ3) is 6.10. The molecule has 0 spiro atoms. The van der Waals surface area contributed by atoms with Crippen LogP contribution in [0.2, 0.25) is 0 Å². The van der Waals surface area contributed by atoms with Crippen molar-refractivity contribution in [2.75, 3.05) is 40.5 Å². The first-order valence-corrected chi connectivity index (χ1v) is 9.15. The summed E-state index contributed by atoms with van der Waals surface area (Å²) in [5.74, 6) is 0.208. The van der Waals surface area contributed by atoms with Crippen LogP contribution in [0.5, 0.6) is 0 Å². The Bertz CT molecular complexity index is 569. The molecule has 1 aromatic heterocycles. The van der Waals surface area contributed by atoms with Crippen molar-refractivity contribution in [1.29, 1.82) is 0 Å². The molecule has 0 bridgehead atoms. The van der Waals surface area contributed by atoms with Gasteiger partial charge < -0.3 is 24.1 Å². The Morgan fingerprint density at radius 3 is 2.65 bits per heavy atom. The highest BCUT2D eigenvalue weighted by atomic mass is 16.5. The maximum absolute atomic E-state index is 12.8. The second kappa shape index (κ2) is 10.9. The van der Waals surface area contributed by atoms with E-state index in [0.717, 1.165) is 25.7 Å². The normalized spacial score (nSPS) is 15.0. The molecule has 1 saturated carbocycles. The van der Waals surface area contributed by atoms with Crippen molar-refractivity contribution < 1.29 is 23.5 Å². The molecule has 1 N–H and O–H groups in total. The monoisotopic (exact) mass is 367 g/mol. The van der Waals surface area contributed by atoms with Crippen molar-refractivity contribution in [2.24, 2.45) is 5.92 Å². The molecule has 0 radical (unpaired) electrons. The largest absolute Gasteiger partial charge is 0.446 e. The van der Waals surface area contributed by atoms with E-state index >= 15 is 0 Å². The lowest BCUT2D eigenvalue weighted by Gasteiger charge is -2.28. The van der Waals surface area contributed by atoms with Crippen LogP contribution in [0.1, 0.15) is 48.5 Å². The summed E-state index contributed by atoms with van der Waals surface area (Å²) in [6.45, 7) is 1.99. The van der Waals surface area contributed by atoms with Crippen LogP contribution >= 0.6 is 0 Å². The van der Waals surface area contributed by atoms with Gasteiger partial charge >= 0.3 is 0 Å². The van der Waals surface area contributed by atoms with E-state index in [0.29, 0.717) is 32.2 Å². The quantitative estimate of drug-likeness (QED) is 0.632. The Morgan fingerprint density at radius 2 is 1.96 bits per heavy atom. The number of nitrogens with zero attached hydrogens (tertiary/aromatic N) is 2. The van der Waals surface area contributed by atoms with Crippen LogP contribution in [0.15, 0.2) is 10.7 Å². The van der Waals surface area contributed by atoms with E-state index in [2.05, 4.69) is 10.3 Å². The summed E-state index contributed by atoms with van der Waals surface area (Å²) in [6.07, 6.45) is 6.57. The number of rotatable bonds is 10. The highest BCUT2D eigenvalue weighted by Gasteiger charge is 2.27. The molecule has 1 aliphatic carbocycles. The van der Waals surface area contributed by atoms with Gasteiger partial charge in [-0.2, -0.15) is 0 Å². The van der Waals surface area contributed by atoms with Gasteiger partial charge in [0.1, 0.15) is 6.26 Å². The van der Waals surface area contributed by atoms with Crippen LogP contribution in [0.4, 0.5) is 0 Å². The van der Waals surface area contributed by atoms with E-state index in [1.54, 1.807) is 19.1 Å². The van der Waals surface area contributed by atoms with Gasteiger partial charge in [-0.15, -0.1) is 0 Å². The van der Waals surface area contributed by atoms with Gasteiger partial charge in [0, 0.05) is 33.2 Å². The van der Waals surface area contributed by atoms with Crippen molar-refractivity contribution in [2.45, 2.75) is 38.6 Å². The third-order valence-electron chi connectivity index (χ3n) is 4.53. The maximum atomic E-state index is 12.8. The van der Waals surface area contributed by atoms with Gasteiger partial charge in [-0.3, -0.25) is 9.59 Å². The Balaban J connectivity index is 1.96. The first kappa shape index (κ1) is 20.4. The summed E-state index contributed by atoms with van der Waals surface area (Å²) in [7, 11) is 3.18. The van der Waals surface area contributed by atoms with Gasteiger partial charge in [0.15, 0.2) is 5.69 Å². The molecule has 146 valence electrons. The van der Waals surface area contributed by atoms with Crippen LogP contribution in [0.3, 0.4) is 0 Å². The molecule has 2 rings (SSSR count). The average Bonchev–Trinajstić information content (AvgIpc) is 3.14. The molecule has 1 fully saturated rings. The molecule has 26 heavy (non-hydrogen) atoms. The summed E-state index contributed by atoms with van der Waals surface area (Å²) in [6, 6.07) is 0. The molecule has 0 aliphatic heterocycles. The van der Waals surface area contributed by atoms with Crippen molar-refractivity contribution >= 4 is 11.8 Å². The third-order valence-corrected chi connectivity index (χ3v) is 4.53. The minimum Gasteiger partial charge on any atom is -0.446 e. The van der Waals surface area contributed by atoms with Gasteiger partial charge in [0.05, 0.1) is 19.8 Å². The zero-order chi connectivity index (χ0) is 18.8. The van der Waals surface area contributed by atoms with Crippen LogP contribution < -0.4 is 5.32 Å². The number of hydrogen-bond acceptors (Lipinski definition) is 6. The fraction of sp³-hybridized carbons (Fsp3) is 0.722. The minimum atomic E-state index is -0.320. The summed E-state index contributed by atoms with van der Waals surface area (Å²) in [4.78, 5) is 30.7. The molecule has 0 aromatic carbocycles. The Labute approximate surface area is 154 Å².